The van der Waals surface area contributed by atoms with Gasteiger partial charge < -0.3 is 15.5 Å². The Morgan fingerprint density at radius 2 is 1.93 bits per heavy atom. The summed E-state index contributed by atoms with van der Waals surface area (Å²) >= 11 is 0. The van der Waals surface area contributed by atoms with Gasteiger partial charge in [-0.05, 0) is 44.6 Å². The van der Waals surface area contributed by atoms with Crippen LogP contribution in [0.1, 0.15) is 34.6 Å². The zero-order chi connectivity index (χ0) is 19.5. The Morgan fingerprint density at radius 3 is 2.64 bits per heavy atom. The van der Waals surface area contributed by atoms with Crippen LogP contribution >= 0.6 is 0 Å². The monoisotopic (exact) mass is 381 g/mol. The Labute approximate surface area is 165 Å². The predicted molar refractivity (Wildman–Crippen MR) is 106 cm³/mol. The molecule has 1 aromatic carbocycles. The Hall–Kier alpha value is -2.67. The van der Waals surface area contributed by atoms with E-state index in [-0.39, 0.29) is 23.8 Å². The zero-order valence-corrected chi connectivity index (χ0v) is 16.2. The van der Waals surface area contributed by atoms with Gasteiger partial charge in [-0.25, -0.2) is 0 Å². The van der Waals surface area contributed by atoms with Gasteiger partial charge in [0.1, 0.15) is 5.69 Å². The lowest BCUT2D eigenvalue weighted by molar-refractivity contribution is -0.127. The molecule has 1 saturated heterocycles. The number of likely N-dealkylation sites (tertiary alicyclic amines) is 1. The van der Waals surface area contributed by atoms with E-state index < -0.39 is 0 Å². The van der Waals surface area contributed by atoms with Crippen LogP contribution in [0.25, 0.3) is 0 Å². The van der Waals surface area contributed by atoms with Crippen molar-refractivity contribution >= 4 is 11.8 Å². The summed E-state index contributed by atoms with van der Waals surface area (Å²) in [5, 5.41) is 10.5. The molecule has 1 aromatic heterocycles. The minimum absolute atomic E-state index is 0.0658. The van der Waals surface area contributed by atoms with E-state index in [1.54, 1.807) is 0 Å². The van der Waals surface area contributed by atoms with Crippen molar-refractivity contribution in [2.24, 2.45) is 5.92 Å². The van der Waals surface area contributed by atoms with Crippen molar-refractivity contribution in [2.75, 3.05) is 20.1 Å². The second kappa shape index (κ2) is 8.14. The Kier molecular flexibility index (Phi) is 5.43. The third kappa shape index (κ3) is 4.25. The van der Waals surface area contributed by atoms with Crippen molar-refractivity contribution < 1.29 is 9.59 Å². The molecule has 1 atom stereocenters. The smallest absolute Gasteiger partial charge is 0.272 e. The van der Waals surface area contributed by atoms with E-state index in [1.807, 2.05) is 41.1 Å². The number of benzene rings is 1. The second-order valence-corrected chi connectivity index (χ2v) is 7.86. The van der Waals surface area contributed by atoms with Crippen molar-refractivity contribution in [1.82, 2.24) is 25.3 Å². The molecule has 0 saturated carbocycles. The van der Waals surface area contributed by atoms with Crippen LogP contribution in [-0.4, -0.2) is 52.7 Å². The van der Waals surface area contributed by atoms with Crippen molar-refractivity contribution in [1.29, 1.82) is 0 Å². The number of nitrogens with zero attached hydrogens (tertiary/aromatic N) is 3. The quantitative estimate of drug-likeness (QED) is 0.816. The highest BCUT2D eigenvalue weighted by Gasteiger charge is 2.29. The van der Waals surface area contributed by atoms with Gasteiger partial charge in [0.05, 0.1) is 12.6 Å². The summed E-state index contributed by atoms with van der Waals surface area (Å²) in [7, 11) is 2.09. The lowest BCUT2D eigenvalue weighted by atomic mass is 9.96. The minimum atomic E-state index is -0.169. The number of carbonyl (C=O) groups is 2. The third-order valence-corrected chi connectivity index (χ3v) is 5.68. The second-order valence-electron chi connectivity index (χ2n) is 7.86. The van der Waals surface area contributed by atoms with Crippen LogP contribution in [0.5, 0.6) is 0 Å². The van der Waals surface area contributed by atoms with Crippen molar-refractivity contribution in [3.8, 4) is 0 Å². The number of nitrogens with one attached hydrogen (secondary N) is 2. The van der Waals surface area contributed by atoms with Gasteiger partial charge in [-0.2, -0.15) is 5.10 Å². The molecule has 2 aliphatic heterocycles. The van der Waals surface area contributed by atoms with Gasteiger partial charge in [-0.1, -0.05) is 30.3 Å². The summed E-state index contributed by atoms with van der Waals surface area (Å²) in [6.07, 6.45) is 2.56. The summed E-state index contributed by atoms with van der Waals surface area (Å²) in [4.78, 5) is 27.1. The van der Waals surface area contributed by atoms with Crippen LogP contribution in [-0.2, 0) is 24.3 Å². The summed E-state index contributed by atoms with van der Waals surface area (Å²) in [6, 6.07) is 11.7. The van der Waals surface area contributed by atoms with E-state index in [4.69, 9.17) is 0 Å². The average molecular weight is 381 g/mol. The molecule has 1 unspecified atom stereocenters. The van der Waals surface area contributed by atoms with Gasteiger partial charge in [0.2, 0.25) is 5.91 Å². The van der Waals surface area contributed by atoms with Crippen molar-refractivity contribution in [2.45, 2.75) is 38.4 Å². The largest absolute Gasteiger partial charge is 0.351 e. The van der Waals surface area contributed by atoms with E-state index in [9.17, 15) is 9.59 Å². The SMILES string of the molecule is CN1CCC(C(=O)NC2Cc3cc(C(=O)NCc4ccccc4)nn3C2)CC1. The van der Waals surface area contributed by atoms with E-state index >= 15 is 0 Å². The molecular weight excluding hydrogens is 354 g/mol. The fourth-order valence-electron chi connectivity index (χ4n) is 3.97. The first kappa shape index (κ1) is 18.7. The molecule has 0 radical (unpaired) electrons. The van der Waals surface area contributed by atoms with E-state index in [0.29, 0.717) is 18.8 Å². The van der Waals surface area contributed by atoms with Gasteiger partial charge >= 0.3 is 0 Å². The van der Waals surface area contributed by atoms with Gasteiger partial charge in [-0.3, -0.25) is 14.3 Å². The molecule has 2 aliphatic rings. The average Bonchev–Trinajstić information content (AvgIpc) is 3.26. The van der Waals surface area contributed by atoms with Crippen LogP contribution in [0.2, 0.25) is 0 Å². The molecule has 7 nitrogen and oxygen atoms in total. The van der Waals surface area contributed by atoms with Crippen LogP contribution in [0.4, 0.5) is 0 Å². The van der Waals surface area contributed by atoms with Crippen molar-refractivity contribution in [3.05, 3.63) is 53.3 Å². The maximum Gasteiger partial charge on any atom is 0.272 e. The summed E-state index contributed by atoms with van der Waals surface area (Å²) in [5.41, 5.74) is 2.49. The number of hydrogen-bond donors (Lipinski definition) is 2. The van der Waals surface area contributed by atoms with Crippen molar-refractivity contribution in [3.63, 3.8) is 0 Å². The molecule has 2 amide bonds. The predicted octanol–water partition coefficient (Wildman–Crippen LogP) is 1.20. The molecule has 4 rings (SSSR count). The molecule has 1 fully saturated rings. The highest BCUT2D eigenvalue weighted by atomic mass is 16.2. The molecule has 0 aliphatic carbocycles. The van der Waals surface area contributed by atoms with Gasteiger partial charge in [0.25, 0.3) is 5.91 Å². The normalized spacial score (nSPS) is 20.0. The zero-order valence-electron chi connectivity index (χ0n) is 16.2. The number of amides is 2. The van der Waals surface area contributed by atoms with E-state index in [2.05, 4.69) is 27.7 Å². The van der Waals surface area contributed by atoms with Crippen LogP contribution in [0.3, 0.4) is 0 Å². The van der Waals surface area contributed by atoms with Crippen LogP contribution in [0, 0.1) is 5.92 Å². The van der Waals surface area contributed by atoms with Gasteiger partial charge in [0, 0.05) is 24.6 Å². The molecule has 2 aromatic rings. The number of rotatable bonds is 5. The maximum absolute atomic E-state index is 12.5. The summed E-state index contributed by atoms with van der Waals surface area (Å²) in [5.74, 6) is 0.103. The number of aromatic nitrogens is 2. The molecule has 148 valence electrons. The standard InChI is InChI=1S/C21H27N5O2/c1-25-9-7-16(8-10-25)20(27)23-17-11-18-12-19(24-26(18)14-17)21(28)22-13-15-5-3-2-4-6-15/h2-6,12,16-17H,7-11,13-14H2,1H3,(H,22,28)(H,23,27). The molecule has 2 N–H and O–H groups in total. The van der Waals surface area contributed by atoms with Crippen LogP contribution < -0.4 is 10.6 Å². The molecule has 28 heavy (non-hydrogen) atoms. The maximum atomic E-state index is 12.5. The Bertz CT molecular complexity index is 816. The molecule has 0 spiro atoms. The molecule has 7 heteroatoms. The minimum Gasteiger partial charge on any atom is -0.351 e. The number of hydrogen-bond acceptors (Lipinski definition) is 4. The number of piperidine rings is 1. The van der Waals surface area contributed by atoms with E-state index in [0.717, 1.165) is 43.6 Å². The fourth-order valence-corrected chi connectivity index (χ4v) is 3.97. The lowest BCUT2D eigenvalue weighted by Crippen LogP contribution is -2.43. The fraction of sp³-hybridized carbons (Fsp3) is 0.476. The van der Waals surface area contributed by atoms with Gasteiger partial charge in [0.15, 0.2) is 0 Å². The molecular formula is C21H27N5O2. The lowest BCUT2D eigenvalue weighted by Gasteiger charge is -2.28. The first-order valence-electron chi connectivity index (χ1n) is 9.96. The third-order valence-electron chi connectivity index (χ3n) is 5.68. The number of fused-ring (bicyclic) bond motifs is 1. The topological polar surface area (TPSA) is 79.3 Å². The summed E-state index contributed by atoms with van der Waals surface area (Å²) in [6.45, 7) is 3.06. The van der Waals surface area contributed by atoms with Gasteiger partial charge in [-0.15, -0.1) is 0 Å². The Morgan fingerprint density at radius 1 is 1.18 bits per heavy atom. The molecule has 0 bridgehead atoms. The van der Waals surface area contributed by atoms with E-state index in [1.165, 1.54) is 0 Å². The highest BCUT2D eigenvalue weighted by molar-refractivity contribution is 5.92. The first-order chi connectivity index (χ1) is 13.6. The van der Waals surface area contributed by atoms with Crippen LogP contribution in [0.15, 0.2) is 36.4 Å². The number of carbonyl (C=O) groups excluding carboxylic acids is 2. The highest BCUT2D eigenvalue weighted by Crippen LogP contribution is 2.19. The molecule has 3 heterocycles. The summed E-state index contributed by atoms with van der Waals surface area (Å²) < 4.78 is 1.84. The Balaban J connectivity index is 1.28. The first-order valence-corrected chi connectivity index (χ1v) is 9.96.